The van der Waals surface area contributed by atoms with Crippen molar-refractivity contribution in [2.45, 2.75) is 19.4 Å². The first kappa shape index (κ1) is 18.1. The Bertz CT molecular complexity index is 993. The smallest absolute Gasteiger partial charge is 0.265 e. The SMILES string of the molecule is C[C@H](c1cc2ccccc2o1)N(C)C(=O)CCN1C(=O)COc2ccccc21. The molecule has 4 rings (SSSR count). The summed E-state index contributed by atoms with van der Waals surface area (Å²) >= 11 is 0. The van der Waals surface area contributed by atoms with Crippen molar-refractivity contribution in [2.75, 3.05) is 25.1 Å². The zero-order valence-electron chi connectivity index (χ0n) is 15.9. The van der Waals surface area contributed by atoms with Crippen LogP contribution in [0, 0.1) is 0 Å². The van der Waals surface area contributed by atoms with Gasteiger partial charge in [0.2, 0.25) is 5.91 Å². The van der Waals surface area contributed by atoms with E-state index in [-0.39, 0.29) is 30.9 Å². The third-order valence-electron chi connectivity index (χ3n) is 5.19. The van der Waals surface area contributed by atoms with Crippen LogP contribution in [0.25, 0.3) is 11.0 Å². The number of hydrogen-bond donors (Lipinski definition) is 0. The van der Waals surface area contributed by atoms with Crippen molar-refractivity contribution in [2.24, 2.45) is 0 Å². The maximum absolute atomic E-state index is 12.7. The lowest BCUT2D eigenvalue weighted by Crippen LogP contribution is -2.41. The van der Waals surface area contributed by atoms with Gasteiger partial charge in [0.1, 0.15) is 17.1 Å². The second kappa shape index (κ2) is 7.38. The third kappa shape index (κ3) is 3.33. The quantitative estimate of drug-likeness (QED) is 0.678. The Hall–Kier alpha value is -3.28. The van der Waals surface area contributed by atoms with Crippen molar-refractivity contribution >= 4 is 28.5 Å². The maximum Gasteiger partial charge on any atom is 0.265 e. The number of ether oxygens (including phenoxy) is 1. The van der Waals surface area contributed by atoms with Crippen molar-refractivity contribution in [3.05, 3.63) is 60.4 Å². The maximum atomic E-state index is 12.7. The van der Waals surface area contributed by atoms with Crippen LogP contribution in [0.1, 0.15) is 25.1 Å². The van der Waals surface area contributed by atoms with Gasteiger partial charge >= 0.3 is 0 Å². The molecule has 28 heavy (non-hydrogen) atoms. The molecule has 0 aliphatic carbocycles. The number of benzene rings is 2. The first-order valence-corrected chi connectivity index (χ1v) is 9.31. The molecule has 6 nitrogen and oxygen atoms in total. The summed E-state index contributed by atoms with van der Waals surface area (Å²) in [6.07, 6.45) is 0.223. The van der Waals surface area contributed by atoms with Crippen LogP contribution in [-0.4, -0.2) is 36.9 Å². The molecule has 1 aliphatic rings. The highest BCUT2D eigenvalue weighted by Gasteiger charge is 2.27. The molecule has 0 bridgehead atoms. The zero-order valence-corrected chi connectivity index (χ0v) is 15.9. The van der Waals surface area contributed by atoms with Gasteiger partial charge in [-0.3, -0.25) is 9.59 Å². The van der Waals surface area contributed by atoms with Gasteiger partial charge in [-0.2, -0.15) is 0 Å². The molecule has 0 N–H and O–H groups in total. The summed E-state index contributed by atoms with van der Waals surface area (Å²) < 4.78 is 11.3. The summed E-state index contributed by atoms with van der Waals surface area (Å²) in [5.74, 6) is 1.22. The van der Waals surface area contributed by atoms with Crippen LogP contribution in [0.5, 0.6) is 5.75 Å². The molecule has 1 aliphatic heterocycles. The molecule has 6 heteroatoms. The van der Waals surface area contributed by atoms with Gasteiger partial charge in [0, 0.05) is 25.4 Å². The number of para-hydroxylation sites is 3. The van der Waals surface area contributed by atoms with E-state index in [4.69, 9.17) is 9.15 Å². The molecule has 2 heterocycles. The summed E-state index contributed by atoms with van der Waals surface area (Å²) in [6, 6.07) is 16.9. The predicted molar refractivity (Wildman–Crippen MR) is 106 cm³/mol. The van der Waals surface area contributed by atoms with E-state index in [0.29, 0.717) is 18.0 Å². The molecule has 0 fully saturated rings. The summed E-state index contributed by atoms with van der Waals surface area (Å²) in [6.45, 7) is 2.25. The lowest BCUT2D eigenvalue weighted by atomic mass is 10.1. The van der Waals surface area contributed by atoms with E-state index in [1.807, 2.05) is 61.5 Å². The van der Waals surface area contributed by atoms with Crippen LogP contribution in [0.15, 0.2) is 59.0 Å². The fourth-order valence-electron chi connectivity index (χ4n) is 3.40. The second-order valence-corrected chi connectivity index (χ2v) is 6.92. The number of nitrogens with zero attached hydrogens (tertiary/aromatic N) is 2. The van der Waals surface area contributed by atoms with Gasteiger partial charge in [0.05, 0.1) is 11.7 Å². The number of anilines is 1. The van der Waals surface area contributed by atoms with Crippen molar-refractivity contribution in [1.82, 2.24) is 4.90 Å². The highest BCUT2D eigenvalue weighted by molar-refractivity contribution is 5.98. The lowest BCUT2D eigenvalue weighted by Gasteiger charge is -2.30. The number of furan rings is 1. The number of carbonyl (C=O) groups excluding carboxylic acids is 2. The standard InChI is InChI=1S/C22H22N2O4/c1-15(20-13-16-7-3-5-9-18(16)28-20)23(2)21(25)11-12-24-17-8-4-6-10-19(17)27-14-22(24)26/h3-10,13,15H,11-12,14H2,1-2H3/t15-/m1/s1. The van der Waals surface area contributed by atoms with Crippen molar-refractivity contribution in [3.63, 3.8) is 0 Å². The number of amides is 2. The molecule has 0 radical (unpaired) electrons. The molecule has 2 aromatic carbocycles. The average Bonchev–Trinajstić information content (AvgIpc) is 3.16. The van der Waals surface area contributed by atoms with Gasteiger partial charge in [-0.05, 0) is 31.2 Å². The van der Waals surface area contributed by atoms with Crippen LogP contribution in [0.3, 0.4) is 0 Å². The second-order valence-electron chi connectivity index (χ2n) is 6.92. The summed E-state index contributed by atoms with van der Waals surface area (Å²) in [4.78, 5) is 28.3. The number of fused-ring (bicyclic) bond motifs is 2. The normalized spacial score (nSPS) is 14.5. The Morgan fingerprint density at radius 1 is 1.18 bits per heavy atom. The molecule has 3 aromatic rings. The molecule has 0 saturated carbocycles. The highest BCUT2D eigenvalue weighted by Crippen LogP contribution is 2.32. The molecule has 0 spiro atoms. The summed E-state index contributed by atoms with van der Waals surface area (Å²) in [7, 11) is 1.76. The lowest BCUT2D eigenvalue weighted by molar-refractivity contribution is -0.132. The van der Waals surface area contributed by atoms with Crippen molar-refractivity contribution in [1.29, 1.82) is 0 Å². The molecule has 1 aromatic heterocycles. The van der Waals surface area contributed by atoms with E-state index >= 15 is 0 Å². The predicted octanol–water partition coefficient (Wildman–Crippen LogP) is 3.77. The van der Waals surface area contributed by atoms with Crippen molar-refractivity contribution < 1.29 is 18.7 Å². The van der Waals surface area contributed by atoms with Gasteiger partial charge in [-0.15, -0.1) is 0 Å². The average molecular weight is 378 g/mol. The number of hydrogen-bond acceptors (Lipinski definition) is 4. The van der Waals surface area contributed by atoms with Crippen LogP contribution < -0.4 is 9.64 Å². The van der Waals surface area contributed by atoms with E-state index in [1.165, 1.54) is 0 Å². The first-order chi connectivity index (χ1) is 13.5. The first-order valence-electron chi connectivity index (χ1n) is 9.31. The Morgan fingerprint density at radius 3 is 2.75 bits per heavy atom. The van der Waals surface area contributed by atoms with E-state index < -0.39 is 0 Å². The fraction of sp³-hybridized carbons (Fsp3) is 0.273. The third-order valence-corrected chi connectivity index (χ3v) is 5.19. The Balaban J connectivity index is 1.44. The van der Waals surface area contributed by atoms with Gasteiger partial charge in [0.15, 0.2) is 6.61 Å². The van der Waals surface area contributed by atoms with Crippen LogP contribution >= 0.6 is 0 Å². The molecular weight excluding hydrogens is 356 g/mol. The molecule has 0 unspecified atom stereocenters. The zero-order chi connectivity index (χ0) is 19.7. The van der Waals surface area contributed by atoms with E-state index in [2.05, 4.69) is 0 Å². The molecule has 0 saturated heterocycles. The molecule has 2 amide bonds. The summed E-state index contributed by atoms with van der Waals surface area (Å²) in [5, 5.41) is 1.01. The van der Waals surface area contributed by atoms with Crippen LogP contribution in [-0.2, 0) is 9.59 Å². The Kier molecular flexibility index (Phi) is 4.77. The van der Waals surface area contributed by atoms with Crippen molar-refractivity contribution in [3.8, 4) is 5.75 Å². The van der Waals surface area contributed by atoms with Crippen LogP contribution in [0.4, 0.5) is 5.69 Å². The largest absolute Gasteiger partial charge is 0.482 e. The molecular formula is C22H22N2O4. The van der Waals surface area contributed by atoms with Gasteiger partial charge in [-0.25, -0.2) is 0 Å². The molecule has 1 atom stereocenters. The monoisotopic (exact) mass is 378 g/mol. The topological polar surface area (TPSA) is 63.0 Å². The minimum Gasteiger partial charge on any atom is -0.482 e. The van der Waals surface area contributed by atoms with Gasteiger partial charge in [0.25, 0.3) is 5.91 Å². The molecule has 144 valence electrons. The van der Waals surface area contributed by atoms with Crippen LogP contribution in [0.2, 0.25) is 0 Å². The fourth-order valence-corrected chi connectivity index (χ4v) is 3.40. The highest BCUT2D eigenvalue weighted by atomic mass is 16.5. The Labute approximate surface area is 163 Å². The van der Waals surface area contributed by atoms with E-state index in [9.17, 15) is 9.59 Å². The minimum absolute atomic E-state index is 0.00354. The van der Waals surface area contributed by atoms with E-state index in [1.54, 1.807) is 16.8 Å². The van der Waals surface area contributed by atoms with Gasteiger partial charge in [-0.1, -0.05) is 30.3 Å². The van der Waals surface area contributed by atoms with Gasteiger partial charge < -0.3 is 19.0 Å². The van der Waals surface area contributed by atoms with E-state index in [0.717, 1.165) is 16.7 Å². The Morgan fingerprint density at radius 2 is 1.93 bits per heavy atom. The summed E-state index contributed by atoms with van der Waals surface area (Å²) in [5.41, 5.74) is 1.51. The number of rotatable bonds is 5. The minimum atomic E-state index is -0.201. The number of carbonyl (C=O) groups is 2.